The van der Waals surface area contributed by atoms with Gasteiger partial charge in [-0.1, -0.05) is 31.2 Å². The molecule has 1 aromatic carbocycles. The molecule has 2 aromatic rings. The van der Waals surface area contributed by atoms with Crippen LogP contribution in [0.15, 0.2) is 28.7 Å². The van der Waals surface area contributed by atoms with Gasteiger partial charge in [0.1, 0.15) is 0 Å². The van der Waals surface area contributed by atoms with E-state index < -0.39 is 5.54 Å². The van der Waals surface area contributed by atoms with Crippen LogP contribution in [0.2, 0.25) is 0 Å². The monoisotopic (exact) mass is 349 g/mol. The molecule has 3 nitrogen and oxygen atoms in total. The maximum atomic E-state index is 6.60. The highest BCUT2D eigenvalue weighted by Gasteiger charge is 2.26. The quantitative estimate of drug-likeness (QED) is 0.887. The molecule has 1 heterocycles. The first-order chi connectivity index (χ1) is 9.89. The fourth-order valence-corrected chi connectivity index (χ4v) is 3.03. The van der Waals surface area contributed by atoms with Crippen molar-refractivity contribution in [2.45, 2.75) is 52.6 Å². The van der Waals surface area contributed by atoms with Crippen LogP contribution in [0.25, 0.3) is 0 Å². The highest BCUT2D eigenvalue weighted by atomic mass is 79.9. The van der Waals surface area contributed by atoms with Crippen molar-refractivity contribution < 1.29 is 0 Å². The van der Waals surface area contributed by atoms with Crippen molar-refractivity contribution in [2.75, 3.05) is 0 Å². The summed E-state index contributed by atoms with van der Waals surface area (Å²) < 4.78 is 3.11. The molecule has 0 aliphatic heterocycles. The molecule has 4 heteroatoms. The Hall–Kier alpha value is -1.13. The minimum atomic E-state index is -0.409. The number of aryl methyl sites for hydroxylation is 3. The maximum absolute atomic E-state index is 6.60. The van der Waals surface area contributed by atoms with E-state index in [1.165, 1.54) is 11.3 Å². The summed E-state index contributed by atoms with van der Waals surface area (Å²) in [4.78, 5) is 0. The van der Waals surface area contributed by atoms with Gasteiger partial charge in [0.15, 0.2) is 0 Å². The van der Waals surface area contributed by atoms with Crippen LogP contribution in [0.1, 0.15) is 43.3 Å². The molecule has 1 unspecified atom stereocenters. The number of hydrogen-bond donors (Lipinski definition) is 1. The Kier molecular flexibility index (Phi) is 4.89. The molecule has 21 heavy (non-hydrogen) atoms. The largest absolute Gasteiger partial charge is 0.321 e. The highest BCUT2D eigenvalue weighted by molar-refractivity contribution is 9.10. The van der Waals surface area contributed by atoms with Crippen molar-refractivity contribution in [3.8, 4) is 0 Å². The Labute approximate surface area is 135 Å². The van der Waals surface area contributed by atoms with Crippen LogP contribution in [-0.2, 0) is 24.9 Å². The van der Waals surface area contributed by atoms with Crippen LogP contribution < -0.4 is 5.73 Å². The molecule has 0 amide bonds. The molecule has 0 saturated carbocycles. The Morgan fingerprint density at radius 1 is 1.24 bits per heavy atom. The van der Waals surface area contributed by atoms with Gasteiger partial charge in [-0.3, -0.25) is 4.68 Å². The van der Waals surface area contributed by atoms with E-state index in [9.17, 15) is 0 Å². The lowest BCUT2D eigenvalue weighted by Crippen LogP contribution is -2.36. The second-order valence-electron chi connectivity index (χ2n) is 5.81. The molecule has 0 aliphatic carbocycles. The Morgan fingerprint density at radius 3 is 2.38 bits per heavy atom. The van der Waals surface area contributed by atoms with Gasteiger partial charge in [-0.2, -0.15) is 5.10 Å². The van der Waals surface area contributed by atoms with E-state index in [1.807, 2.05) is 11.6 Å². The standard InChI is InChI=1S/C17H24BrN3/c1-5-13-7-9-14(10-8-13)17(4,19)11-15-16(18)12(3)20-21(15)6-2/h7-10H,5-6,11,19H2,1-4H3. The molecular formula is C17H24BrN3. The third-order valence-corrected chi connectivity index (χ3v) is 5.04. The number of benzene rings is 1. The van der Waals surface area contributed by atoms with Crippen LogP contribution in [0, 0.1) is 6.92 Å². The van der Waals surface area contributed by atoms with Crippen molar-refractivity contribution in [2.24, 2.45) is 5.73 Å². The molecule has 1 aromatic heterocycles. The number of halogens is 1. The van der Waals surface area contributed by atoms with Gasteiger partial charge < -0.3 is 5.73 Å². The average molecular weight is 350 g/mol. The predicted molar refractivity (Wildman–Crippen MR) is 91.4 cm³/mol. The molecule has 0 aliphatic rings. The number of nitrogens with two attached hydrogens (primary N) is 1. The van der Waals surface area contributed by atoms with E-state index in [0.717, 1.165) is 35.1 Å². The fraction of sp³-hybridized carbons (Fsp3) is 0.471. The second-order valence-corrected chi connectivity index (χ2v) is 6.60. The zero-order valence-corrected chi connectivity index (χ0v) is 14.9. The normalized spacial score (nSPS) is 14.2. The third kappa shape index (κ3) is 3.38. The van der Waals surface area contributed by atoms with Crippen LogP contribution >= 0.6 is 15.9 Å². The Bertz CT molecular complexity index is 612. The lowest BCUT2D eigenvalue weighted by molar-refractivity contribution is 0.462. The average Bonchev–Trinajstić information content (AvgIpc) is 2.74. The summed E-state index contributed by atoms with van der Waals surface area (Å²) in [5.41, 5.74) is 10.9. The SMILES string of the molecule is CCc1ccc(C(C)(N)Cc2c(Br)c(C)nn2CC)cc1. The lowest BCUT2D eigenvalue weighted by Gasteiger charge is -2.26. The molecule has 0 radical (unpaired) electrons. The summed E-state index contributed by atoms with van der Waals surface area (Å²) in [6, 6.07) is 8.62. The van der Waals surface area contributed by atoms with Crippen molar-refractivity contribution in [3.05, 3.63) is 51.3 Å². The Morgan fingerprint density at radius 2 is 1.86 bits per heavy atom. The smallest absolute Gasteiger partial charge is 0.0738 e. The van der Waals surface area contributed by atoms with Crippen molar-refractivity contribution in [1.29, 1.82) is 0 Å². The summed E-state index contributed by atoms with van der Waals surface area (Å²) in [5, 5.41) is 4.55. The van der Waals surface area contributed by atoms with Crippen molar-refractivity contribution in [1.82, 2.24) is 9.78 Å². The van der Waals surface area contributed by atoms with Crippen LogP contribution in [0.3, 0.4) is 0 Å². The highest BCUT2D eigenvalue weighted by Crippen LogP contribution is 2.29. The van der Waals surface area contributed by atoms with E-state index in [-0.39, 0.29) is 0 Å². The van der Waals surface area contributed by atoms with Crippen molar-refractivity contribution in [3.63, 3.8) is 0 Å². The van der Waals surface area contributed by atoms with Gasteiger partial charge in [-0.25, -0.2) is 0 Å². The molecule has 0 bridgehead atoms. The molecule has 1 atom stereocenters. The zero-order chi connectivity index (χ0) is 15.6. The van der Waals surface area contributed by atoms with E-state index >= 15 is 0 Å². The van der Waals surface area contributed by atoms with Gasteiger partial charge in [0.05, 0.1) is 15.9 Å². The van der Waals surface area contributed by atoms with Gasteiger partial charge >= 0.3 is 0 Å². The van der Waals surface area contributed by atoms with Gasteiger partial charge in [-0.15, -0.1) is 0 Å². The molecule has 114 valence electrons. The predicted octanol–water partition coefficient (Wildman–Crippen LogP) is 3.95. The summed E-state index contributed by atoms with van der Waals surface area (Å²) in [6.45, 7) is 9.22. The maximum Gasteiger partial charge on any atom is 0.0738 e. The van der Waals surface area contributed by atoms with Gasteiger partial charge in [0.25, 0.3) is 0 Å². The third-order valence-electron chi connectivity index (χ3n) is 4.01. The first-order valence-corrected chi connectivity index (χ1v) is 8.28. The zero-order valence-electron chi connectivity index (χ0n) is 13.3. The summed E-state index contributed by atoms with van der Waals surface area (Å²) in [5.74, 6) is 0. The number of nitrogens with zero attached hydrogens (tertiary/aromatic N) is 2. The van der Waals surface area contributed by atoms with Crippen LogP contribution in [0.5, 0.6) is 0 Å². The fourth-order valence-electron chi connectivity index (χ4n) is 2.61. The number of aromatic nitrogens is 2. The van der Waals surface area contributed by atoms with Crippen LogP contribution in [-0.4, -0.2) is 9.78 Å². The lowest BCUT2D eigenvalue weighted by atomic mass is 9.87. The Balaban J connectivity index is 2.32. The summed E-state index contributed by atoms with van der Waals surface area (Å²) in [7, 11) is 0. The van der Waals surface area contributed by atoms with Crippen molar-refractivity contribution >= 4 is 15.9 Å². The van der Waals surface area contributed by atoms with Gasteiger partial charge in [0, 0.05) is 18.5 Å². The van der Waals surface area contributed by atoms with E-state index in [4.69, 9.17) is 5.73 Å². The first-order valence-electron chi connectivity index (χ1n) is 7.49. The topological polar surface area (TPSA) is 43.8 Å². The van der Waals surface area contributed by atoms with Gasteiger partial charge in [-0.05, 0) is 54.2 Å². The van der Waals surface area contributed by atoms with E-state index in [2.05, 4.69) is 66.1 Å². The van der Waals surface area contributed by atoms with E-state index in [1.54, 1.807) is 0 Å². The molecule has 0 saturated heterocycles. The minimum Gasteiger partial charge on any atom is -0.321 e. The first kappa shape index (κ1) is 16.2. The number of rotatable bonds is 5. The van der Waals surface area contributed by atoms with E-state index in [0.29, 0.717) is 0 Å². The molecule has 0 spiro atoms. The molecular weight excluding hydrogens is 326 g/mol. The summed E-state index contributed by atoms with van der Waals surface area (Å²) in [6.07, 6.45) is 1.81. The molecule has 2 rings (SSSR count). The minimum absolute atomic E-state index is 0.409. The number of hydrogen-bond acceptors (Lipinski definition) is 2. The molecule has 2 N–H and O–H groups in total. The van der Waals surface area contributed by atoms with Crippen LogP contribution in [0.4, 0.5) is 0 Å². The summed E-state index contributed by atoms with van der Waals surface area (Å²) >= 11 is 3.65. The molecule has 0 fully saturated rings. The second kappa shape index (κ2) is 6.32. The van der Waals surface area contributed by atoms with Gasteiger partial charge in [0.2, 0.25) is 0 Å².